The van der Waals surface area contributed by atoms with Crippen LogP contribution in [-0.4, -0.2) is 5.11 Å². The molecule has 94 valence electrons. The highest BCUT2D eigenvalue weighted by Gasteiger charge is 2.01. The fourth-order valence-corrected chi connectivity index (χ4v) is 2.57. The predicted octanol–water partition coefficient (Wildman–Crippen LogP) is 4.69. The maximum absolute atomic E-state index is 9.43. The SMILES string of the molecule is C[C@@H](O)c1ccc(SCc2ccc(Cl)cc2)cc1. The van der Waals surface area contributed by atoms with Crippen molar-refractivity contribution >= 4 is 23.4 Å². The number of rotatable bonds is 4. The highest BCUT2D eigenvalue weighted by atomic mass is 35.5. The van der Waals surface area contributed by atoms with Crippen LogP contribution in [0, 0.1) is 0 Å². The minimum Gasteiger partial charge on any atom is -0.389 e. The Labute approximate surface area is 117 Å². The van der Waals surface area contributed by atoms with E-state index >= 15 is 0 Å². The summed E-state index contributed by atoms with van der Waals surface area (Å²) in [5.41, 5.74) is 2.20. The van der Waals surface area contributed by atoms with Gasteiger partial charge in [-0.15, -0.1) is 11.8 Å². The zero-order valence-corrected chi connectivity index (χ0v) is 11.7. The molecule has 0 aromatic heterocycles. The summed E-state index contributed by atoms with van der Waals surface area (Å²) in [6.45, 7) is 1.77. The van der Waals surface area contributed by atoms with Gasteiger partial charge in [-0.3, -0.25) is 0 Å². The quantitative estimate of drug-likeness (QED) is 0.819. The normalized spacial score (nSPS) is 12.4. The Morgan fingerprint density at radius 2 is 1.67 bits per heavy atom. The molecule has 18 heavy (non-hydrogen) atoms. The molecule has 0 fully saturated rings. The van der Waals surface area contributed by atoms with E-state index in [0.29, 0.717) is 0 Å². The van der Waals surface area contributed by atoms with Crippen LogP contribution in [0.4, 0.5) is 0 Å². The molecule has 0 aliphatic heterocycles. The molecule has 2 rings (SSSR count). The van der Waals surface area contributed by atoms with E-state index in [1.807, 2.05) is 48.5 Å². The maximum atomic E-state index is 9.43. The molecule has 0 radical (unpaired) electrons. The number of hydrogen-bond donors (Lipinski definition) is 1. The van der Waals surface area contributed by atoms with E-state index in [2.05, 4.69) is 0 Å². The van der Waals surface area contributed by atoms with Crippen LogP contribution in [0.15, 0.2) is 53.4 Å². The largest absolute Gasteiger partial charge is 0.389 e. The first-order chi connectivity index (χ1) is 8.65. The summed E-state index contributed by atoms with van der Waals surface area (Å²) < 4.78 is 0. The Morgan fingerprint density at radius 3 is 2.22 bits per heavy atom. The Morgan fingerprint density at radius 1 is 1.06 bits per heavy atom. The zero-order valence-electron chi connectivity index (χ0n) is 10.1. The summed E-state index contributed by atoms with van der Waals surface area (Å²) in [6.07, 6.45) is -0.402. The summed E-state index contributed by atoms with van der Waals surface area (Å²) in [6, 6.07) is 15.9. The van der Waals surface area contributed by atoms with Gasteiger partial charge in [0, 0.05) is 15.7 Å². The summed E-state index contributed by atoms with van der Waals surface area (Å²) in [5, 5.41) is 10.2. The maximum Gasteiger partial charge on any atom is 0.0761 e. The predicted molar refractivity (Wildman–Crippen MR) is 78.1 cm³/mol. The lowest BCUT2D eigenvalue weighted by molar-refractivity contribution is 0.199. The molecule has 1 atom stereocenters. The highest BCUT2D eigenvalue weighted by molar-refractivity contribution is 7.98. The highest BCUT2D eigenvalue weighted by Crippen LogP contribution is 2.25. The van der Waals surface area contributed by atoms with E-state index in [-0.39, 0.29) is 0 Å². The number of halogens is 1. The van der Waals surface area contributed by atoms with Crippen LogP contribution in [0.25, 0.3) is 0 Å². The Kier molecular flexibility index (Phi) is 4.70. The molecule has 1 N–H and O–H groups in total. The van der Waals surface area contributed by atoms with Crippen molar-refractivity contribution in [3.8, 4) is 0 Å². The van der Waals surface area contributed by atoms with Crippen LogP contribution in [0.1, 0.15) is 24.2 Å². The monoisotopic (exact) mass is 278 g/mol. The average molecular weight is 279 g/mol. The van der Waals surface area contributed by atoms with Crippen molar-refractivity contribution in [1.82, 2.24) is 0 Å². The molecule has 2 aromatic rings. The van der Waals surface area contributed by atoms with Gasteiger partial charge in [0.05, 0.1) is 6.10 Å². The van der Waals surface area contributed by atoms with Gasteiger partial charge in [0.15, 0.2) is 0 Å². The molecular weight excluding hydrogens is 264 g/mol. The molecule has 1 nitrogen and oxygen atoms in total. The van der Waals surface area contributed by atoms with Gasteiger partial charge in [-0.05, 0) is 42.3 Å². The number of thioether (sulfide) groups is 1. The average Bonchev–Trinajstić information content (AvgIpc) is 2.38. The minimum absolute atomic E-state index is 0.402. The Balaban J connectivity index is 1.95. The van der Waals surface area contributed by atoms with Crippen molar-refractivity contribution in [3.63, 3.8) is 0 Å². The summed E-state index contributed by atoms with van der Waals surface area (Å²) in [7, 11) is 0. The lowest BCUT2D eigenvalue weighted by Gasteiger charge is -2.06. The van der Waals surface area contributed by atoms with Crippen molar-refractivity contribution in [3.05, 3.63) is 64.7 Å². The molecule has 0 aliphatic rings. The van der Waals surface area contributed by atoms with E-state index < -0.39 is 6.10 Å². The van der Waals surface area contributed by atoms with Gasteiger partial charge in [-0.25, -0.2) is 0 Å². The second-order valence-electron chi connectivity index (χ2n) is 4.16. The Hall–Kier alpha value is -0.960. The standard InChI is InChI=1S/C15H15ClOS/c1-11(17)13-4-8-15(9-5-13)18-10-12-2-6-14(16)7-3-12/h2-9,11,17H,10H2,1H3/t11-/m1/s1. The van der Waals surface area contributed by atoms with Crippen molar-refractivity contribution in [1.29, 1.82) is 0 Å². The van der Waals surface area contributed by atoms with Crippen LogP contribution >= 0.6 is 23.4 Å². The van der Waals surface area contributed by atoms with Crippen molar-refractivity contribution < 1.29 is 5.11 Å². The number of benzene rings is 2. The lowest BCUT2D eigenvalue weighted by Crippen LogP contribution is -1.89. The second kappa shape index (κ2) is 6.28. The molecule has 0 heterocycles. The van der Waals surface area contributed by atoms with Crippen LogP contribution in [0.5, 0.6) is 0 Å². The van der Waals surface area contributed by atoms with Crippen molar-refractivity contribution in [2.24, 2.45) is 0 Å². The van der Waals surface area contributed by atoms with E-state index in [4.69, 9.17) is 11.6 Å². The van der Waals surface area contributed by atoms with Gasteiger partial charge in [0.1, 0.15) is 0 Å². The molecule has 0 saturated carbocycles. The smallest absolute Gasteiger partial charge is 0.0761 e. The zero-order chi connectivity index (χ0) is 13.0. The molecule has 0 saturated heterocycles. The third-order valence-corrected chi connectivity index (χ3v) is 4.02. The molecule has 2 aromatic carbocycles. The molecular formula is C15H15ClOS. The van der Waals surface area contributed by atoms with Gasteiger partial charge in [-0.2, -0.15) is 0 Å². The van der Waals surface area contributed by atoms with Crippen LogP contribution in [-0.2, 0) is 5.75 Å². The molecule has 3 heteroatoms. The third-order valence-electron chi connectivity index (χ3n) is 2.68. The van der Waals surface area contributed by atoms with Gasteiger partial charge in [0.2, 0.25) is 0 Å². The minimum atomic E-state index is -0.402. The summed E-state index contributed by atoms with van der Waals surface area (Å²) >= 11 is 7.62. The second-order valence-corrected chi connectivity index (χ2v) is 5.65. The van der Waals surface area contributed by atoms with E-state index in [0.717, 1.165) is 16.3 Å². The number of aliphatic hydroxyl groups is 1. The molecule has 0 spiro atoms. The van der Waals surface area contributed by atoms with Gasteiger partial charge in [-0.1, -0.05) is 35.9 Å². The van der Waals surface area contributed by atoms with Crippen LogP contribution in [0.2, 0.25) is 5.02 Å². The first-order valence-corrected chi connectivity index (χ1v) is 7.17. The van der Waals surface area contributed by atoms with Crippen LogP contribution in [0.3, 0.4) is 0 Å². The Bertz CT molecular complexity index is 491. The van der Waals surface area contributed by atoms with Crippen molar-refractivity contribution in [2.45, 2.75) is 23.7 Å². The fraction of sp³-hybridized carbons (Fsp3) is 0.200. The van der Waals surface area contributed by atoms with Gasteiger partial charge >= 0.3 is 0 Å². The number of hydrogen-bond acceptors (Lipinski definition) is 2. The van der Waals surface area contributed by atoms with Crippen molar-refractivity contribution in [2.75, 3.05) is 0 Å². The topological polar surface area (TPSA) is 20.2 Å². The molecule has 0 unspecified atom stereocenters. The van der Waals surface area contributed by atoms with Crippen LogP contribution < -0.4 is 0 Å². The summed E-state index contributed by atoms with van der Waals surface area (Å²) in [5.74, 6) is 0.922. The fourth-order valence-electron chi connectivity index (χ4n) is 1.59. The summed E-state index contributed by atoms with van der Waals surface area (Å²) in [4.78, 5) is 1.20. The lowest BCUT2D eigenvalue weighted by atomic mass is 10.1. The van der Waals surface area contributed by atoms with Gasteiger partial charge < -0.3 is 5.11 Å². The molecule has 0 aliphatic carbocycles. The first kappa shape index (κ1) is 13.5. The van der Waals surface area contributed by atoms with E-state index in [1.54, 1.807) is 18.7 Å². The van der Waals surface area contributed by atoms with Gasteiger partial charge in [0.25, 0.3) is 0 Å². The number of aliphatic hydroxyl groups excluding tert-OH is 1. The van der Waals surface area contributed by atoms with E-state index in [9.17, 15) is 5.11 Å². The third kappa shape index (κ3) is 3.77. The van der Waals surface area contributed by atoms with E-state index in [1.165, 1.54) is 10.5 Å². The molecule has 0 amide bonds. The first-order valence-electron chi connectivity index (χ1n) is 5.80. The molecule has 0 bridgehead atoms.